The van der Waals surface area contributed by atoms with Crippen molar-refractivity contribution in [2.24, 2.45) is 5.92 Å². The number of anilines is 2. The minimum absolute atomic E-state index is 0.0319. The summed E-state index contributed by atoms with van der Waals surface area (Å²) in [5.41, 5.74) is 2.86. The lowest BCUT2D eigenvalue weighted by Crippen LogP contribution is -2.28. The Bertz CT molecular complexity index is 723. The zero-order valence-corrected chi connectivity index (χ0v) is 14.2. The molecule has 0 aliphatic carbocycles. The highest BCUT2D eigenvalue weighted by molar-refractivity contribution is 7.12. The van der Waals surface area contributed by atoms with Crippen molar-refractivity contribution in [3.63, 3.8) is 0 Å². The Kier molecular flexibility index (Phi) is 4.48. The van der Waals surface area contributed by atoms with Crippen LogP contribution in [0.1, 0.15) is 35.5 Å². The largest absolute Gasteiger partial charge is 0.326 e. The molecule has 2 aromatic rings. The third-order valence-corrected chi connectivity index (χ3v) is 4.69. The fraction of sp³-hybridized carbons (Fsp3) is 0.333. The fourth-order valence-corrected chi connectivity index (χ4v) is 3.48. The quantitative estimate of drug-likeness (QED) is 0.924. The van der Waals surface area contributed by atoms with E-state index in [4.69, 9.17) is 0 Å². The molecule has 0 radical (unpaired) electrons. The summed E-state index contributed by atoms with van der Waals surface area (Å²) in [5, 5.41) is 4.85. The van der Waals surface area contributed by atoms with E-state index >= 15 is 0 Å². The minimum atomic E-state index is 0.0319. The van der Waals surface area contributed by atoms with Gasteiger partial charge in [0, 0.05) is 24.3 Å². The van der Waals surface area contributed by atoms with Crippen LogP contribution in [0.5, 0.6) is 0 Å². The third-order valence-electron chi connectivity index (χ3n) is 3.83. The van der Waals surface area contributed by atoms with Gasteiger partial charge in [0.15, 0.2) is 0 Å². The van der Waals surface area contributed by atoms with Crippen molar-refractivity contribution in [2.75, 3.05) is 16.8 Å². The predicted molar refractivity (Wildman–Crippen MR) is 94.2 cm³/mol. The first kappa shape index (κ1) is 15.7. The second-order valence-electron chi connectivity index (χ2n) is 6.17. The zero-order valence-electron chi connectivity index (χ0n) is 13.3. The van der Waals surface area contributed by atoms with Crippen molar-refractivity contribution in [1.82, 2.24) is 0 Å². The molecular formula is C18H20N2O2S. The number of nitrogens with zero attached hydrogens (tertiary/aromatic N) is 1. The summed E-state index contributed by atoms with van der Waals surface area (Å²) in [5.74, 6) is 0.420. The van der Waals surface area contributed by atoms with E-state index in [-0.39, 0.29) is 11.8 Å². The molecule has 0 bridgehead atoms. The summed E-state index contributed by atoms with van der Waals surface area (Å²) in [6.45, 7) is 4.74. The minimum Gasteiger partial charge on any atom is -0.326 e. The van der Waals surface area contributed by atoms with E-state index in [0.717, 1.165) is 28.2 Å². The van der Waals surface area contributed by atoms with Crippen LogP contribution >= 0.6 is 11.3 Å². The number of rotatable bonds is 4. The SMILES string of the molecule is CC(C)CC(=O)Nc1ccc2c(c1)CCN2C(=O)c1cccs1. The Morgan fingerprint density at radius 2 is 2.13 bits per heavy atom. The smallest absolute Gasteiger partial charge is 0.268 e. The number of fused-ring (bicyclic) bond motifs is 1. The van der Waals surface area contributed by atoms with Crippen LogP contribution in [0.3, 0.4) is 0 Å². The summed E-state index contributed by atoms with van der Waals surface area (Å²) in [6.07, 6.45) is 1.33. The monoisotopic (exact) mass is 328 g/mol. The Morgan fingerprint density at radius 1 is 1.30 bits per heavy atom. The Hall–Kier alpha value is -2.14. The molecule has 1 aromatic carbocycles. The molecule has 5 heteroatoms. The maximum atomic E-state index is 12.5. The van der Waals surface area contributed by atoms with Gasteiger partial charge in [-0.25, -0.2) is 0 Å². The van der Waals surface area contributed by atoms with Crippen molar-refractivity contribution in [1.29, 1.82) is 0 Å². The van der Waals surface area contributed by atoms with Crippen molar-refractivity contribution >= 4 is 34.5 Å². The molecule has 1 aromatic heterocycles. The van der Waals surface area contributed by atoms with Crippen LogP contribution in [0.2, 0.25) is 0 Å². The van der Waals surface area contributed by atoms with Gasteiger partial charge >= 0.3 is 0 Å². The molecule has 2 heterocycles. The van der Waals surface area contributed by atoms with E-state index in [0.29, 0.717) is 18.9 Å². The second kappa shape index (κ2) is 6.54. The van der Waals surface area contributed by atoms with Crippen LogP contribution in [0.15, 0.2) is 35.7 Å². The van der Waals surface area contributed by atoms with Crippen molar-refractivity contribution in [2.45, 2.75) is 26.7 Å². The molecule has 0 atom stereocenters. The van der Waals surface area contributed by atoms with Crippen LogP contribution in [0.4, 0.5) is 11.4 Å². The van der Waals surface area contributed by atoms with Gasteiger partial charge in [-0.05, 0) is 47.5 Å². The maximum Gasteiger partial charge on any atom is 0.268 e. The van der Waals surface area contributed by atoms with Crippen LogP contribution in [-0.4, -0.2) is 18.4 Å². The molecule has 4 nitrogen and oxygen atoms in total. The van der Waals surface area contributed by atoms with Gasteiger partial charge in [-0.3, -0.25) is 9.59 Å². The zero-order chi connectivity index (χ0) is 16.4. The van der Waals surface area contributed by atoms with Gasteiger partial charge in [0.25, 0.3) is 5.91 Å². The molecule has 0 saturated carbocycles. The van der Waals surface area contributed by atoms with Gasteiger partial charge in [-0.15, -0.1) is 11.3 Å². The summed E-state index contributed by atoms with van der Waals surface area (Å²) < 4.78 is 0. The fourth-order valence-electron chi connectivity index (χ4n) is 2.81. The van der Waals surface area contributed by atoms with Crippen LogP contribution < -0.4 is 10.2 Å². The molecule has 3 rings (SSSR count). The average molecular weight is 328 g/mol. The van der Waals surface area contributed by atoms with E-state index in [1.165, 1.54) is 11.3 Å². The Labute approximate surface area is 140 Å². The molecule has 2 amide bonds. The van der Waals surface area contributed by atoms with Gasteiger partial charge in [-0.2, -0.15) is 0 Å². The Balaban J connectivity index is 1.75. The standard InChI is InChI=1S/C18H20N2O2S/c1-12(2)10-17(21)19-14-5-6-15-13(11-14)7-8-20(15)18(22)16-4-3-9-23-16/h3-6,9,11-12H,7-8,10H2,1-2H3,(H,19,21). The Morgan fingerprint density at radius 3 is 2.83 bits per heavy atom. The second-order valence-corrected chi connectivity index (χ2v) is 7.12. The average Bonchev–Trinajstić information content (AvgIpc) is 3.15. The lowest BCUT2D eigenvalue weighted by atomic mass is 10.1. The first-order chi connectivity index (χ1) is 11.0. The number of hydrogen-bond acceptors (Lipinski definition) is 3. The summed E-state index contributed by atoms with van der Waals surface area (Å²) in [4.78, 5) is 27.0. The number of hydrogen-bond donors (Lipinski definition) is 1. The van der Waals surface area contributed by atoms with E-state index in [1.807, 2.05) is 54.5 Å². The van der Waals surface area contributed by atoms with Gasteiger partial charge in [0.2, 0.25) is 5.91 Å². The molecule has 120 valence electrons. The molecular weight excluding hydrogens is 308 g/mol. The highest BCUT2D eigenvalue weighted by atomic mass is 32.1. The molecule has 1 aliphatic rings. The summed E-state index contributed by atoms with van der Waals surface area (Å²) in [6, 6.07) is 9.53. The molecule has 0 fully saturated rings. The molecule has 1 aliphatic heterocycles. The van der Waals surface area contributed by atoms with Crippen LogP contribution in [0, 0.1) is 5.92 Å². The van der Waals surface area contributed by atoms with E-state index in [2.05, 4.69) is 5.32 Å². The van der Waals surface area contributed by atoms with Crippen molar-refractivity contribution in [3.05, 3.63) is 46.2 Å². The summed E-state index contributed by atoms with van der Waals surface area (Å²) in [7, 11) is 0. The molecule has 23 heavy (non-hydrogen) atoms. The van der Waals surface area contributed by atoms with E-state index in [1.54, 1.807) is 0 Å². The van der Waals surface area contributed by atoms with E-state index < -0.39 is 0 Å². The molecule has 0 unspecified atom stereocenters. The number of carbonyl (C=O) groups excluding carboxylic acids is 2. The van der Waals surface area contributed by atoms with Gasteiger partial charge < -0.3 is 10.2 Å². The molecule has 0 spiro atoms. The lowest BCUT2D eigenvalue weighted by molar-refractivity contribution is -0.116. The van der Waals surface area contributed by atoms with Gasteiger partial charge in [0.05, 0.1) is 4.88 Å². The topological polar surface area (TPSA) is 49.4 Å². The molecule has 1 N–H and O–H groups in total. The van der Waals surface area contributed by atoms with Gasteiger partial charge in [0.1, 0.15) is 0 Å². The highest BCUT2D eigenvalue weighted by Gasteiger charge is 2.26. The number of benzene rings is 1. The van der Waals surface area contributed by atoms with Gasteiger partial charge in [-0.1, -0.05) is 19.9 Å². The van der Waals surface area contributed by atoms with E-state index in [9.17, 15) is 9.59 Å². The van der Waals surface area contributed by atoms with Crippen LogP contribution in [-0.2, 0) is 11.2 Å². The molecule has 0 saturated heterocycles. The lowest BCUT2D eigenvalue weighted by Gasteiger charge is -2.16. The maximum absolute atomic E-state index is 12.5. The predicted octanol–water partition coefficient (Wildman–Crippen LogP) is 3.94. The third kappa shape index (κ3) is 3.45. The first-order valence-electron chi connectivity index (χ1n) is 7.82. The van der Waals surface area contributed by atoms with Crippen LogP contribution in [0.25, 0.3) is 0 Å². The summed E-state index contributed by atoms with van der Waals surface area (Å²) >= 11 is 1.46. The van der Waals surface area contributed by atoms with Crippen molar-refractivity contribution in [3.8, 4) is 0 Å². The number of thiophene rings is 1. The normalized spacial score (nSPS) is 13.3. The number of nitrogens with one attached hydrogen (secondary N) is 1. The number of carbonyl (C=O) groups is 2. The number of amides is 2. The highest BCUT2D eigenvalue weighted by Crippen LogP contribution is 2.32. The first-order valence-corrected chi connectivity index (χ1v) is 8.70. The van der Waals surface area contributed by atoms with Crippen molar-refractivity contribution < 1.29 is 9.59 Å².